The number of hydrogen-bond donors (Lipinski definition) is 6. The molecule has 18 heteroatoms. The van der Waals surface area contributed by atoms with Crippen molar-refractivity contribution in [3.05, 3.63) is 36.5 Å². The number of aliphatic hydroxyl groups is 3. The van der Waals surface area contributed by atoms with Crippen LogP contribution >= 0.6 is 15.6 Å². The van der Waals surface area contributed by atoms with Gasteiger partial charge in [-0.2, -0.15) is 0 Å². The maximum Gasteiger partial charge on any atom is 0.472 e. The van der Waals surface area contributed by atoms with Crippen molar-refractivity contribution in [1.29, 1.82) is 0 Å². The number of aliphatic hydroxyl groups excluding tert-OH is 3. The minimum atomic E-state index is -4.90. The summed E-state index contributed by atoms with van der Waals surface area (Å²) < 4.78 is 47.8. The molecule has 0 aromatic heterocycles. The number of esters is 2. The van der Waals surface area contributed by atoms with E-state index in [1.807, 2.05) is 0 Å². The van der Waals surface area contributed by atoms with Crippen LogP contribution in [0, 0.1) is 11.8 Å². The van der Waals surface area contributed by atoms with E-state index in [1.54, 1.807) is 12.2 Å². The molecular formula is C44H78O16P2. The van der Waals surface area contributed by atoms with Gasteiger partial charge in [0, 0.05) is 25.2 Å². The van der Waals surface area contributed by atoms with Crippen LogP contribution in [0.15, 0.2) is 36.5 Å². The zero-order valence-corrected chi connectivity index (χ0v) is 39.0. The van der Waals surface area contributed by atoms with Gasteiger partial charge in [0.15, 0.2) is 6.10 Å². The summed E-state index contributed by atoms with van der Waals surface area (Å²) in [4.78, 5) is 65.5. The smallest absolute Gasteiger partial charge is 0.462 e. The van der Waals surface area contributed by atoms with Crippen LogP contribution < -0.4 is 0 Å². The summed E-state index contributed by atoms with van der Waals surface area (Å²) in [6, 6.07) is 0. The van der Waals surface area contributed by atoms with Gasteiger partial charge in [0.1, 0.15) is 18.5 Å². The average Bonchev–Trinajstić information content (AvgIpc) is 3.49. The Hall–Kier alpha value is -2.07. The van der Waals surface area contributed by atoms with Crippen molar-refractivity contribution >= 4 is 33.4 Å². The number of phosphoric ester groups is 2. The number of carbonyl (C=O) groups is 3. The lowest BCUT2D eigenvalue weighted by Crippen LogP contribution is -2.30. The minimum Gasteiger partial charge on any atom is -0.462 e. The van der Waals surface area contributed by atoms with Gasteiger partial charge in [-0.1, -0.05) is 121 Å². The van der Waals surface area contributed by atoms with Gasteiger partial charge >= 0.3 is 27.6 Å². The fraction of sp³-hybridized carbons (Fsp3) is 0.795. The van der Waals surface area contributed by atoms with E-state index in [2.05, 4.69) is 47.2 Å². The molecule has 7 atom stereocenters. The number of allylic oxidation sites excluding steroid dienone is 5. The van der Waals surface area contributed by atoms with Crippen molar-refractivity contribution < 1.29 is 76.6 Å². The number of Topliss-reactive ketones (excluding diaryl/α,β-unsaturated/α-hetero) is 1. The lowest BCUT2D eigenvalue weighted by atomic mass is 9.88. The number of ketones is 1. The van der Waals surface area contributed by atoms with Crippen LogP contribution in [0.5, 0.6) is 0 Å². The highest BCUT2D eigenvalue weighted by atomic mass is 31.2. The van der Waals surface area contributed by atoms with Crippen molar-refractivity contribution in [2.45, 2.75) is 186 Å². The third-order valence-electron chi connectivity index (χ3n) is 10.4. The summed E-state index contributed by atoms with van der Waals surface area (Å²) in [5.41, 5.74) is 0. The van der Waals surface area contributed by atoms with Crippen LogP contribution in [0.2, 0.25) is 0 Å². The van der Waals surface area contributed by atoms with Crippen molar-refractivity contribution in [2.75, 3.05) is 26.4 Å². The number of carbonyl (C=O) groups excluding carboxylic acids is 3. The Morgan fingerprint density at radius 2 is 1.27 bits per heavy atom. The van der Waals surface area contributed by atoms with E-state index in [9.17, 15) is 43.7 Å². The van der Waals surface area contributed by atoms with E-state index in [1.165, 1.54) is 19.3 Å². The normalized spacial score (nSPS) is 19.7. The zero-order valence-electron chi connectivity index (χ0n) is 37.2. The molecule has 0 aliphatic heterocycles. The van der Waals surface area contributed by atoms with Crippen LogP contribution in [0.1, 0.15) is 162 Å². The van der Waals surface area contributed by atoms with Gasteiger partial charge in [-0.3, -0.25) is 28.0 Å². The Morgan fingerprint density at radius 3 is 1.94 bits per heavy atom. The quantitative estimate of drug-likeness (QED) is 0.0147. The second-order valence-corrected chi connectivity index (χ2v) is 18.8. The Kier molecular flexibility index (Phi) is 32.9. The third-order valence-corrected chi connectivity index (χ3v) is 11.8. The molecule has 0 amide bonds. The Balaban J connectivity index is 2.54. The van der Waals surface area contributed by atoms with Gasteiger partial charge in [0.05, 0.1) is 32.0 Å². The summed E-state index contributed by atoms with van der Waals surface area (Å²) in [5, 5.41) is 30.5. The maximum absolute atomic E-state index is 12.7. The van der Waals surface area contributed by atoms with Gasteiger partial charge in [-0.05, 0) is 63.7 Å². The summed E-state index contributed by atoms with van der Waals surface area (Å²) in [5.74, 6) is -1.89. The molecule has 0 saturated heterocycles. The van der Waals surface area contributed by atoms with E-state index in [0.29, 0.717) is 32.1 Å². The first kappa shape index (κ1) is 57.9. The Bertz CT molecular complexity index is 1400. The molecule has 62 heavy (non-hydrogen) atoms. The molecule has 1 unspecified atom stereocenters. The molecule has 1 saturated carbocycles. The van der Waals surface area contributed by atoms with Gasteiger partial charge in [-0.25, -0.2) is 9.13 Å². The molecule has 16 nitrogen and oxygen atoms in total. The van der Waals surface area contributed by atoms with Crippen molar-refractivity contribution in [3.8, 4) is 0 Å². The molecular weight excluding hydrogens is 846 g/mol. The number of ether oxygens (including phenoxy) is 2. The van der Waals surface area contributed by atoms with E-state index in [0.717, 1.165) is 77.0 Å². The van der Waals surface area contributed by atoms with Gasteiger partial charge < -0.3 is 39.5 Å². The molecule has 0 aromatic rings. The molecule has 1 aliphatic carbocycles. The van der Waals surface area contributed by atoms with E-state index >= 15 is 0 Å². The monoisotopic (exact) mass is 924 g/mol. The van der Waals surface area contributed by atoms with Crippen LogP contribution in [0.3, 0.4) is 0 Å². The summed E-state index contributed by atoms with van der Waals surface area (Å²) in [6.45, 7) is 1.35. The van der Waals surface area contributed by atoms with Crippen LogP contribution in [0.25, 0.3) is 0 Å². The van der Waals surface area contributed by atoms with Crippen LogP contribution in [0.4, 0.5) is 0 Å². The fourth-order valence-corrected chi connectivity index (χ4v) is 8.03. The predicted molar refractivity (Wildman–Crippen MR) is 236 cm³/mol. The van der Waals surface area contributed by atoms with E-state index in [4.69, 9.17) is 23.8 Å². The van der Waals surface area contributed by atoms with Crippen molar-refractivity contribution in [3.63, 3.8) is 0 Å². The molecule has 0 radical (unpaired) electrons. The van der Waals surface area contributed by atoms with Crippen LogP contribution in [-0.4, -0.2) is 98.6 Å². The number of unbranched alkanes of at least 4 members (excludes halogenated alkanes) is 13. The lowest BCUT2D eigenvalue weighted by molar-refractivity contribution is -0.161. The second kappa shape index (κ2) is 35.2. The highest BCUT2D eigenvalue weighted by Crippen LogP contribution is 2.44. The zero-order chi connectivity index (χ0) is 46.1. The highest BCUT2D eigenvalue weighted by Gasteiger charge is 2.39. The topological polar surface area (TPSA) is 253 Å². The summed E-state index contributed by atoms with van der Waals surface area (Å²) in [6.07, 6.45) is 26.1. The van der Waals surface area contributed by atoms with Crippen LogP contribution in [-0.2, 0) is 46.6 Å². The van der Waals surface area contributed by atoms with Crippen molar-refractivity contribution in [1.82, 2.24) is 0 Å². The molecule has 0 bridgehead atoms. The molecule has 1 fully saturated rings. The fourth-order valence-electron chi connectivity index (χ4n) is 6.87. The predicted octanol–water partition coefficient (Wildman–Crippen LogP) is 8.26. The Labute approximate surface area is 369 Å². The number of rotatable bonds is 39. The first-order chi connectivity index (χ1) is 29.6. The van der Waals surface area contributed by atoms with Gasteiger partial charge in [-0.15, -0.1) is 0 Å². The summed E-state index contributed by atoms with van der Waals surface area (Å²) >= 11 is 0. The molecule has 360 valence electrons. The second-order valence-electron chi connectivity index (χ2n) is 16.1. The molecule has 1 aliphatic rings. The van der Waals surface area contributed by atoms with Crippen molar-refractivity contribution in [2.24, 2.45) is 11.8 Å². The first-order valence-corrected chi connectivity index (χ1v) is 25.8. The molecule has 0 heterocycles. The third kappa shape index (κ3) is 31.7. The highest BCUT2D eigenvalue weighted by molar-refractivity contribution is 7.47. The standard InChI is InChI=1S/C44H78O16P2/c1-3-5-7-8-9-10-11-12-13-14-15-16-17-18-24-28-44(50)60-38(35-59-62(54,55)58-33-37(46)32-57-61(51,52)53)34-56-43(49)27-23-20-19-22-26-39-40(42(48)31-41(39)47)30-29-36(45)25-21-6-4-2/h9-10,12-13,29-30,36-41,45-47H,3-8,11,14-28,31-35H2,1-2H3,(H,54,55)(H2,51,52,53)/b10-9-,13-12-,30-29+/t36-,37-,38+,39+,40+,41-/m0/s1. The average molecular weight is 925 g/mol. The van der Waals surface area contributed by atoms with E-state index < -0.39 is 84.3 Å². The maximum atomic E-state index is 12.7. The van der Waals surface area contributed by atoms with E-state index in [-0.39, 0.29) is 31.0 Å². The molecule has 1 rings (SSSR count). The van der Waals surface area contributed by atoms with Gasteiger partial charge in [0.2, 0.25) is 0 Å². The van der Waals surface area contributed by atoms with Gasteiger partial charge in [0.25, 0.3) is 0 Å². The number of phosphoric acid groups is 2. The first-order valence-electron chi connectivity index (χ1n) is 22.8. The molecule has 0 aromatic carbocycles. The molecule has 0 spiro atoms. The SMILES string of the molecule is CCCCC/C=C\C/C=C\CCCCCCCC(=O)O[C@H](COC(=O)CCCCCC[C@H]1[C@@H](O)CC(=O)[C@@H]1/C=C/[C@@H](O)CCCCC)COP(=O)(O)OC[C@@H](O)COP(=O)(O)O. The lowest BCUT2D eigenvalue weighted by Gasteiger charge is -2.20. The number of hydrogen-bond acceptors (Lipinski definition) is 13. The summed E-state index contributed by atoms with van der Waals surface area (Å²) in [7, 11) is -9.77. The Morgan fingerprint density at radius 1 is 0.710 bits per heavy atom. The minimum absolute atomic E-state index is 0.0301. The molecule has 6 N–H and O–H groups in total. The largest absolute Gasteiger partial charge is 0.472 e.